The van der Waals surface area contributed by atoms with E-state index in [0.717, 1.165) is 5.56 Å². The number of hydrogen-bond acceptors (Lipinski definition) is 3. The minimum absolute atomic E-state index is 0.249. The Balaban J connectivity index is 2.54. The van der Waals surface area contributed by atoms with E-state index >= 15 is 0 Å². The molecule has 0 radical (unpaired) electrons. The zero-order valence-electron chi connectivity index (χ0n) is 11.7. The van der Waals surface area contributed by atoms with Crippen molar-refractivity contribution in [3.8, 4) is 5.88 Å². The van der Waals surface area contributed by atoms with E-state index in [1.54, 1.807) is 19.1 Å². The zero-order valence-corrected chi connectivity index (χ0v) is 11.7. The Labute approximate surface area is 116 Å². The first-order valence-corrected chi connectivity index (χ1v) is 6.45. The second kappa shape index (κ2) is 5.07. The van der Waals surface area contributed by atoms with Gasteiger partial charge in [0, 0.05) is 5.41 Å². The summed E-state index contributed by atoms with van der Waals surface area (Å²) in [4.78, 5) is 18.7. The van der Waals surface area contributed by atoms with E-state index in [0.29, 0.717) is 12.2 Å². The third-order valence-corrected chi connectivity index (χ3v) is 3.51. The molecule has 1 aromatic carbocycles. The number of hydrogen-bond donors (Lipinski definition) is 2. The van der Waals surface area contributed by atoms with Crippen molar-refractivity contribution in [2.24, 2.45) is 0 Å². The Morgan fingerprint density at radius 3 is 2.40 bits per heavy atom. The molecule has 0 saturated carbocycles. The van der Waals surface area contributed by atoms with Crippen molar-refractivity contribution < 1.29 is 9.50 Å². The van der Waals surface area contributed by atoms with Crippen molar-refractivity contribution in [2.75, 3.05) is 0 Å². The summed E-state index contributed by atoms with van der Waals surface area (Å²) < 4.78 is 13.0. The molecule has 0 atom stereocenters. The number of aromatic nitrogens is 2. The molecule has 2 aromatic rings. The molecular weight excluding hydrogens is 259 g/mol. The van der Waals surface area contributed by atoms with Crippen LogP contribution in [0.1, 0.15) is 37.7 Å². The second-order valence-electron chi connectivity index (χ2n) is 5.20. The highest BCUT2D eigenvalue weighted by Gasteiger charge is 2.27. The van der Waals surface area contributed by atoms with Crippen molar-refractivity contribution >= 4 is 0 Å². The number of H-pyrrole nitrogens is 1. The molecule has 1 aromatic heterocycles. The van der Waals surface area contributed by atoms with E-state index in [2.05, 4.69) is 9.97 Å². The molecule has 2 rings (SSSR count). The van der Waals surface area contributed by atoms with Gasteiger partial charge < -0.3 is 10.1 Å². The highest BCUT2D eigenvalue weighted by Crippen LogP contribution is 2.29. The number of aromatic amines is 1. The molecule has 0 bridgehead atoms. The Bertz CT molecular complexity index is 675. The quantitative estimate of drug-likeness (QED) is 0.905. The molecule has 20 heavy (non-hydrogen) atoms. The number of benzene rings is 1. The van der Waals surface area contributed by atoms with Crippen LogP contribution in [0.4, 0.5) is 4.39 Å². The molecule has 0 amide bonds. The van der Waals surface area contributed by atoms with Crippen LogP contribution in [0.2, 0.25) is 0 Å². The number of rotatable bonds is 3. The van der Waals surface area contributed by atoms with Gasteiger partial charge in [-0.3, -0.25) is 4.79 Å². The van der Waals surface area contributed by atoms with Crippen molar-refractivity contribution in [2.45, 2.75) is 32.6 Å². The van der Waals surface area contributed by atoms with Gasteiger partial charge in [-0.15, -0.1) is 0 Å². The molecule has 0 saturated heterocycles. The van der Waals surface area contributed by atoms with E-state index < -0.39 is 5.41 Å². The topological polar surface area (TPSA) is 66.0 Å². The molecule has 0 spiro atoms. The maximum atomic E-state index is 13.0. The molecule has 0 aliphatic heterocycles. The predicted molar refractivity (Wildman–Crippen MR) is 74.4 cm³/mol. The fraction of sp³-hybridized carbons (Fsp3) is 0.333. The largest absolute Gasteiger partial charge is 0.493 e. The molecule has 1 heterocycles. The molecule has 0 unspecified atom stereocenters. The average molecular weight is 276 g/mol. The van der Waals surface area contributed by atoms with Crippen LogP contribution in [0, 0.1) is 5.82 Å². The fourth-order valence-electron chi connectivity index (χ4n) is 2.10. The van der Waals surface area contributed by atoms with Crippen LogP contribution in [-0.4, -0.2) is 15.1 Å². The lowest BCUT2D eigenvalue weighted by Crippen LogP contribution is -2.27. The summed E-state index contributed by atoms with van der Waals surface area (Å²) in [5.74, 6) is -0.222. The van der Waals surface area contributed by atoms with Crippen LogP contribution >= 0.6 is 0 Å². The summed E-state index contributed by atoms with van der Waals surface area (Å²) in [5, 5.41) is 9.84. The molecule has 106 valence electrons. The van der Waals surface area contributed by atoms with Crippen LogP contribution < -0.4 is 5.56 Å². The standard InChI is InChI=1S/C15H17FN2O2/c1-4-11-12(19)17-14(18-13(11)20)15(2,3)9-5-7-10(16)8-6-9/h5-8H,4H2,1-3H3,(H2,17,18,19,20). The Morgan fingerprint density at radius 1 is 1.30 bits per heavy atom. The minimum atomic E-state index is -0.642. The monoisotopic (exact) mass is 276 g/mol. The number of halogens is 1. The SMILES string of the molecule is CCc1c(O)nc(C(C)(C)c2ccc(F)cc2)[nH]c1=O. The Morgan fingerprint density at radius 2 is 1.90 bits per heavy atom. The van der Waals surface area contributed by atoms with Gasteiger partial charge >= 0.3 is 0 Å². The highest BCUT2D eigenvalue weighted by atomic mass is 19.1. The summed E-state index contributed by atoms with van der Waals surface area (Å²) in [6, 6.07) is 5.99. The zero-order chi connectivity index (χ0) is 14.9. The fourth-order valence-corrected chi connectivity index (χ4v) is 2.10. The van der Waals surface area contributed by atoms with E-state index in [9.17, 15) is 14.3 Å². The van der Waals surface area contributed by atoms with Gasteiger partial charge in [0.1, 0.15) is 11.6 Å². The third-order valence-electron chi connectivity index (χ3n) is 3.51. The van der Waals surface area contributed by atoms with Gasteiger partial charge in [0.25, 0.3) is 5.56 Å². The highest BCUT2D eigenvalue weighted by molar-refractivity contribution is 5.33. The average Bonchev–Trinajstić information content (AvgIpc) is 2.38. The molecule has 4 nitrogen and oxygen atoms in total. The molecule has 0 aliphatic carbocycles. The lowest BCUT2D eigenvalue weighted by atomic mass is 9.83. The Kier molecular flexibility index (Phi) is 3.61. The minimum Gasteiger partial charge on any atom is -0.493 e. The van der Waals surface area contributed by atoms with Crippen LogP contribution in [0.15, 0.2) is 29.1 Å². The summed E-state index contributed by atoms with van der Waals surface area (Å²) in [7, 11) is 0. The van der Waals surface area contributed by atoms with E-state index in [1.807, 2.05) is 13.8 Å². The molecule has 0 aliphatic rings. The van der Waals surface area contributed by atoms with E-state index in [-0.39, 0.29) is 22.8 Å². The first kappa shape index (κ1) is 14.2. The van der Waals surface area contributed by atoms with Crippen molar-refractivity contribution in [3.63, 3.8) is 0 Å². The van der Waals surface area contributed by atoms with E-state index in [1.165, 1.54) is 12.1 Å². The Hall–Kier alpha value is -2.17. The molecule has 5 heteroatoms. The maximum Gasteiger partial charge on any atom is 0.257 e. The normalized spacial score (nSPS) is 11.6. The summed E-state index contributed by atoms with van der Waals surface area (Å²) >= 11 is 0. The summed E-state index contributed by atoms with van der Waals surface area (Å²) in [6.45, 7) is 5.48. The first-order chi connectivity index (χ1) is 9.36. The van der Waals surface area contributed by atoms with Gasteiger partial charge in [-0.1, -0.05) is 19.1 Å². The van der Waals surface area contributed by atoms with Crippen LogP contribution in [0.25, 0.3) is 0 Å². The maximum absolute atomic E-state index is 13.0. The van der Waals surface area contributed by atoms with Crippen LogP contribution in [-0.2, 0) is 11.8 Å². The first-order valence-electron chi connectivity index (χ1n) is 6.45. The number of nitrogens with one attached hydrogen (secondary N) is 1. The lowest BCUT2D eigenvalue weighted by Gasteiger charge is -2.24. The number of nitrogens with zero attached hydrogens (tertiary/aromatic N) is 1. The predicted octanol–water partition coefficient (Wildman–Crippen LogP) is 2.50. The second-order valence-corrected chi connectivity index (χ2v) is 5.20. The van der Waals surface area contributed by atoms with Gasteiger partial charge in [-0.25, -0.2) is 4.39 Å². The van der Waals surface area contributed by atoms with Gasteiger partial charge in [-0.05, 0) is 38.0 Å². The third kappa shape index (κ3) is 2.43. The van der Waals surface area contributed by atoms with Gasteiger partial charge in [-0.2, -0.15) is 4.98 Å². The van der Waals surface area contributed by atoms with Gasteiger partial charge in [0.05, 0.1) is 5.56 Å². The van der Waals surface area contributed by atoms with Crippen molar-refractivity contribution in [1.29, 1.82) is 0 Å². The van der Waals surface area contributed by atoms with Crippen LogP contribution in [0.3, 0.4) is 0 Å². The number of aromatic hydroxyl groups is 1. The molecular formula is C15H17FN2O2. The smallest absolute Gasteiger partial charge is 0.257 e. The summed E-state index contributed by atoms with van der Waals surface area (Å²) in [5.41, 5.74) is 0.0795. The lowest BCUT2D eigenvalue weighted by molar-refractivity contribution is 0.431. The molecule has 0 fully saturated rings. The van der Waals surface area contributed by atoms with E-state index in [4.69, 9.17) is 0 Å². The summed E-state index contributed by atoms with van der Waals surface area (Å²) in [6.07, 6.45) is 0.408. The van der Waals surface area contributed by atoms with Gasteiger partial charge in [0.2, 0.25) is 5.88 Å². The van der Waals surface area contributed by atoms with Crippen molar-refractivity contribution in [1.82, 2.24) is 9.97 Å². The van der Waals surface area contributed by atoms with Crippen molar-refractivity contribution in [3.05, 3.63) is 57.4 Å². The molecule has 2 N–H and O–H groups in total. The van der Waals surface area contributed by atoms with Crippen LogP contribution in [0.5, 0.6) is 5.88 Å². The van der Waals surface area contributed by atoms with Gasteiger partial charge in [0.15, 0.2) is 0 Å².